The van der Waals surface area contributed by atoms with E-state index in [0.717, 1.165) is 6.42 Å². The zero-order chi connectivity index (χ0) is 8.04. The van der Waals surface area contributed by atoms with Crippen molar-refractivity contribution in [3.63, 3.8) is 0 Å². The lowest BCUT2D eigenvalue weighted by molar-refractivity contribution is 0.490. The molecule has 0 fully saturated rings. The first-order valence-corrected chi connectivity index (χ1v) is 3.38. The number of nitrogens with zero attached hydrogens (tertiary/aromatic N) is 2. The molecule has 0 amide bonds. The summed E-state index contributed by atoms with van der Waals surface area (Å²) in [5.41, 5.74) is 5.27. The van der Waals surface area contributed by atoms with Gasteiger partial charge in [-0.25, -0.2) is 9.98 Å². The summed E-state index contributed by atoms with van der Waals surface area (Å²) in [5.74, 6) is 0. The highest BCUT2D eigenvalue weighted by Crippen LogP contribution is 2.11. The Hall–Kier alpha value is -0.660. The van der Waals surface area contributed by atoms with Crippen LogP contribution in [0.15, 0.2) is 9.98 Å². The van der Waals surface area contributed by atoms with Gasteiger partial charge in [0.2, 0.25) is 0 Å². The fraction of sp³-hybridized carbons (Fsp3) is 0.857. The van der Waals surface area contributed by atoms with E-state index in [9.17, 15) is 0 Å². The van der Waals surface area contributed by atoms with E-state index in [2.05, 4.69) is 16.0 Å². The van der Waals surface area contributed by atoms with Gasteiger partial charge in [-0.15, -0.1) is 0 Å². The van der Waals surface area contributed by atoms with Gasteiger partial charge < -0.3 is 5.73 Å². The summed E-state index contributed by atoms with van der Waals surface area (Å²) in [7, 11) is 1.65. The first-order valence-electron chi connectivity index (χ1n) is 3.38. The number of hydrogen-bond acceptors (Lipinski definition) is 3. The van der Waals surface area contributed by atoms with Gasteiger partial charge >= 0.3 is 0 Å². The highest BCUT2D eigenvalue weighted by Gasteiger charge is 2.13. The first kappa shape index (κ1) is 9.34. The Morgan fingerprint density at radius 1 is 1.50 bits per heavy atom. The van der Waals surface area contributed by atoms with Gasteiger partial charge in [0.25, 0.3) is 0 Å². The topological polar surface area (TPSA) is 50.7 Å². The normalized spacial score (nSPS) is 10.4. The number of hydrogen-bond donors (Lipinski definition) is 1. The second-order valence-corrected chi connectivity index (χ2v) is 2.79. The van der Waals surface area contributed by atoms with Crippen LogP contribution in [-0.4, -0.2) is 25.1 Å². The Labute approximate surface area is 62.1 Å². The minimum atomic E-state index is -0.103. The lowest BCUT2D eigenvalue weighted by atomic mass is 10.0. The number of aliphatic imine (C=N–C) groups is 2. The Morgan fingerprint density at radius 2 is 2.10 bits per heavy atom. The molecule has 0 aliphatic rings. The number of rotatable bonds is 3. The molecule has 0 aliphatic heterocycles. The van der Waals surface area contributed by atoms with E-state index in [1.807, 2.05) is 13.8 Å². The van der Waals surface area contributed by atoms with Crippen LogP contribution in [0, 0.1) is 0 Å². The summed E-state index contributed by atoms with van der Waals surface area (Å²) in [5, 5.41) is 0. The Bertz CT molecular complexity index is 143. The standard InChI is InChI=1S/C7H15N3/c1-7(2,4-5-8)10-6-9-3/h4-5,8H2,1-3H3. The second-order valence-electron chi connectivity index (χ2n) is 2.79. The molecule has 3 nitrogen and oxygen atoms in total. The molecule has 0 spiro atoms. The minimum absolute atomic E-state index is 0.103. The molecular formula is C7H15N3. The van der Waals surface area contributed by atoms with Gasteiger partial charge in [-0.05, 0) is 26.8 Å². The van der Waals surface area contributed by atoms with E-state index in [0.29, 0.717) is 6.54 Å². The fourth-order valence-corrected chi connectivity index (χ4v) is 0.594. The van der Waals surface area contributed by atoms with Crippen LogP contribution >= 0.6 is 0 Å². The molecule has 0 bridgehead atoms. The van der Waals surface area contributed by atoms with Crippen LogP contribution in [0.5, 0.6) is 0 Å². The third-order valence-corrected chi connectivity index (χ3v) is 1.21. The van der Waals surface area contributed by atoms with E-state index in [-0.39, 0.29) is 5.54 Å². The van der Waals surface area contributed by atoms with Crippen LogP contribution in [0.25, 0.3) is 0 Å². The molecular weight excluding hydrogens is 126 g/mol. The number of nitrogens with two attached hydrogens (primary N) is 1. The molecule has 2 N–H and O–H groups in total. The molecule has 0 aromatic carbocycles. The molecule has 0 atom stereocenters. The molecule has 0 rings (SSSR count). The maximum Gasteiger partial charge on any atom is 0.0895 e. The maximum atomic E-state index is 5.37. The van der Waals surface area contributed by atoms with Gasteiger partial charge in [-0.1, -0.05) is 0 Å². The smallest absolute Gasteiger partial charge is 0.0895 e. The van der Waals surface area contributed by atoms with Crippen molar-refractivity contribution in [2.24, 2.45) is 15.7 Å². The van der Waals surface area contributed by atoms with Crippen molar-refractivity contribution >= 4 is 6.01 Å². The summed E-state index contributed by atoms with van der Waals surface area (Å²) in [4.78, 5) is 7.71. The SMILES string of the molecule is CN=C=NC(C)(C)CCN. The van der Waals surface area contributed by atoms with E-state index in [1.165, 1.54) is 0 Å². The molecule has 0 saturated carbocycles. The van der Waals surface area contributed by atoms with Crippen LogP contribution in [0.1, 0.15) is 20.3 Å². The monoisotopic (exact) mass is 141 g/mol. The lowest BCUT2D eigenvalue weighted by Gasteiger charge is -2.15. The summed E-state index contributed by atoms with van der Waals surface area (Å²) < 4.78 is 0. The van der Waals surface area contributed by atoms with Crippen molar-refractivity contribution in [1.29, 1.82) is 0 Å². The molecule has 0 unspecified atom stereocenters. The average Bonchev–Trinajstić information content (AvgIpc) is 1.84. The first-order chi connectivity index (χ1) is 4.62. The molecule has 10 heavy (non-hydrogen) atoms. The highest BCUT2D eigenvalue weighted by atomic mass is 14.9. The second kappa shape index (κ2) is 4.20. The maximum absolute atomic E-state index is 5.37. The Morgan fingerprint density at radius 3 is 2.50 bits per heavy atom. The van der Waals surface area contributed by atoms with E-state index in [1.54, 1.807) is 7.05 Å². The molecule has 0 radical (unpaired) electrons. The summed E-state index contributed by atoms with van der Waals surface area (Å²) in [6.45, 7) is 4.68. The third kappa shape index (κ3) is 4.24. The Balaban J connectivity index is 3.98. The van der Waals surface area contributed by atoms with E-state index < -0.39 is 0 Å². The zero-order valence-electron chi connectivity index (χ0n) is 6.89. The molecule has 0 aromatic heterocycles. The van der Waals surface area contributed by atoms with E-state index in [4.69, 9.17) is 5.73 Å². The lowest BCUT2D eigenvalue weighted by Crippen LogP contribution is -2.21. The molecule has 0 saturated heterocycles. The van der Waals surface area contributed by atoms with Crippen molar-refractivity contribution in [3.05, 3.63) is 0 Å². The van der Waals surface area contributed by atoms with Crippen LogP contribution in [0.4, 0.5) is 0 Å². The molecule has 3 heteroatoms. The van der Waals surface area contributed by atoms with Crippen LogP contribution in [-0.2, 0) is 0 Å². The minimum Gasteiger partial charge on any atom is -0.330 e. The largest absolute Gasteiger partial charge is 0.330 e. The van der Waals surface area contributed by atoms with E-state index >= 15 is 0 Å². The van der Waals surface area contributed by atoms with Crippen molar-refractivity contribution in [1.82, 2.24) is 0 Å². The third-order valence-electron chi connectivity index (χ3n) is 1.21. The van der Waals surface area contributed by atoms with Gasteiger partial charge in [0.1, 0.15) is 0 Å². The van der Waals surface area contributed by atoms with Crippen LogP contribution in [0.2, 0.25) is 0 Å². The van der Waals surface area contributed by atoms with Gasteiger partial charge in [0.05, 0.1) is 11.5 Å². The quantitative estimate of drug-likeness (QED) is 0.584. The summed E-state index contributed by atoms with van der Waals surface area (Å²) >= 11 is 0. The van der Waals surface area contributed by atoms with Crippen LogP contribution in [0.3, 0.4) is 0 Å². The molecule has 0 heterocycles. The summed E-state index contributed by atoms with van der Waals surface area (Å²) in [6, 6.07) is 2.57. The van der Waals surface area contributed by atoms with Gasteiger partial charge in [-0.2, -0.15) is 0 Å². The van der Waals surface area contributed by atoms with Gasteiger partial charge in [0, 0.05) is 7.05 Å². The Kier molecular flexibility index (Phi) is 3.93. The average molecular weight is 141 g/mol. The van der Waals surface area contributed by atoms with Crippen molar-refractivity contribution in [2.75, 3.05) is 13.6 Å². The highest BCUT2D eigenvalue weighted by molar-refractivity contribution is 5.41. The molecule has 0 aliphatic carbocycles. The van der Waals surface area contributed by atoms with Crippen LogP contribution < -0.4 is 5.73 Å². The summed E-state index contributed by atoms with van der Waals surface area (Å²) in [6.07, 6.45) is 0.871. The zero-order valence-corrected chi connectivity index (χ0v) is 6.89. The fourth-order valence-electron chi connectivity index (χ4n) is 0.594. The van der Waals surface area contributed by atoms with Gasteiger partial charge in [0.15, 0.2) is 0 Å². The molecule has 0 aromatic rings. The van der Waals surface area contributed by atoms with Crippen molar-refractivity contribution in [3.8, 4) is 0 Å². The molecule has 58 valence electrons. The van der Waals surface area contributed by atoms with Crippen molar-refractivity contribution in [2.45, 2.75) is 25.8 Å². The predicted octanol–water partition coefficient (Wildman–Crippen LogP) is 0.917. The predicted molar refractivity (Wildman–Crippen MR) is 43.5 cm³/mol. The van der Waals surface area contributed by atoms with Gasteiger partial charge in [-0.3, -0.25) is 0 Å². The van der Waals surface area contributed by atoms with Crippen molar-refractivity contribution < 1.29 is 0 Å².